The van der Waals surface area contributed by atoms with Gasteiger partial charge in [-0.15, -0.1) is 0 Å². The molecular weight excluding hydrogens is 223 g/mol. The second-order valence-corrected chi connectivity index (χ2v) is 2.96. The number of hydrogen-bond donors (Lipinski definition) is 0. The quantitative estimate of drug-likeness (QED) is 0.758. The fraction of sp³-hybridized carbons (Fsp3) is 0.111. The molecule has 1 nitrogen and oxygen atoms in total. The van der Waals surface area contributed by atoms with Crippen molar-refractivity contribution < 1.29 is 9.13 Å². The largest absolute Gasteiger partial charge is 0.497 e. The number of halogens is 2. The summed E-state index contributed by atoms with van der Waals surface area (Å²) in [7, 11) is 1.59. The van der Waals surface area contributed by atoms with E-state index in [0.29, 0.717) is 0 Å². The SMILES string of the molecule is COc1ccc(/C=C(/F)Br)cc1. The molecule has 1 aromatic carbocycles. The Labute approximate surface area is 79.0 Å². The highest BCUT2D eigenvalue weighted by Crippen LogP contribution is 2.16. The zero-order valence-electron chi connectivity index (χ0n) is 6.55. The average molecular weight is 231 g/mol. The van der Waals surface area contributed by atoms with Gasteiger partial charge in [0.2, 0.25) is 0 Å². The molecule has 3 heteroatoms. The van der Waals surface area contributed by atoms with Crippen LogP contribution < -0.4 is 4.74 Å². The first-order valence-corrected chi connectivity index (χ1v) is 4.18. The molecule has 0 atom stereocenters. The fourth-order valence-electron chi connectivity index (χ4n) is 0.826. The van der Waals surface area contributed by atoms with Crippen molar-refractivity contribution in [2.24, 2.45) is 0 Å². The first-order chi connectivity index (χ1) is 5.72. The van der Waals surface area contributed by atoms with Crippen LogP contribution in [0.3, 0.4) is 0 Å². The lowest BCUT2D eigenvalue weighted by Crippen LogP contribution is -1.81. The van der Waals surface area contributed by atoms with Gasteiger partial charge in [-0.05, 0) is 39.7 Å². The van der Waals surface area contributed by atoms with E-state index in [0.717, 1.165) is 11.3 Å². The fourth-order valence-corrected chi connectivity index (χ4v) is 1.09. The van der Waals surface area contributed by atoms with Crippen molar-refractivity contribution in [1.82, 2.24) is 0 Å². The molecule has 0 amide bonds. The summed E-state index contributed by atoms with van der Waals surface area (Å²) < 4.78 is 16.9. The van der Waals surface area contributed by atoms with E-state index in [1.165, 1.54) is 6.08 Å². The molecule has 0 aliphatic rings. The van der Waals surface area contributed by atoms with E-state index in [1.54, 1.807) is 31.4 Å². The van der Waals surface area contributed by atoms with E-state index in [4.69, 9.17) is 4.74 Å². The van der Waals surface area contributed by atoms with Crippen LogP contribution in [0.15, 0.2) is 29.0 Å². The highest BCUT2D eigenvalue weighted by Gasteiger charge is 1.91. The molecule has 0 spiro atoms. The average Bonchev–Trinajstić information content (AvgIpc) is 2.05. The Morgan fingerprint density at radius 2 is 2.00 bits per heavy atom. The molecular formula is C9H8BrFO. The van der Waals surface area contributed by atoms with Crippen LogP contribution in [-0.2, 0) is 0 Å². The van der Waals surface area contributed by atoms with Gasteiger partial charge in [0.1, 0.15) is 5.75 Å². The van der Waals surface area contributed by atoms with Crippen molar-refractivity contribution in [1.29, 1.82) is 0 Å². The lowest BCUT2D eigenvalue weighted by atomic mass is 10.2. The van der Waals surface area contributed by atoms with E-state index < -0.39 is 0 Å². The minimum atomic E-state index is -0.382. The summed E-state index contributed by atoms with van der Waals surface area (Å²) in [5, 5.41) is 0. The third-order valence-corrected chi connectivity index (χ3v) is 1.62. The van der Waals surface area contributed by atoms with Gasteiger partial charge in [-0.3, -0.25) is 0 Å². The Hall–Kier alpha value is -0.830. The molecule has 0 fully saturated rings. The molecule has 64 valence electrons. The van der Waals surface area contributed by atoms with E-state index in [9.17, 15) is 4.39 Å². The maximum absolute atomic E-state index is 12.3. The Balaban J connectivity index is 2.85. The summed E-state index contributed by atoms with van der Waals surface area (Å²) in [6, 6.07) is 7.11. The maximum Gasteiger partial charge on any atom is 0.166 e. The van der Waals surface area contributed by atoms with Crippen molar-refractivity contribution in [3.63, 3.8) is 0 Å². The Morgan fingerprint density at radius 1 is 1.42 bits per heavy atom. The normalized spacial score (nSPS) is 11.4. The van der Waals surface area contributed by atoms with Crippen LogP contribution in [0, 0.1) is 0 Å². The molecule has 12 heavy (non-hydrogen) atoms. The van der Waals surface area contributed by atoms with Gasteiger partial charge in [0, 0.05) is 0 Å². The second-order valence-electron chi connectivity index (χ2n) is 2.21. The lowest BCUT2D eigenvalue weighted by Gasteiger charge is -1.98. The van der Waals surface area contributed by atoms with Crippen LogP contribution in [0.5, 0.6) is 5.75 Å². The number of hydrogen-bond acceptors (Lipinski definition) is 1. The van der Waals surface area contributed by atoms with Gasteiger partial charge in [0.15, 0.2) is 4.74 Å². The van der Waals surface area contributed by atoms with Crippen molar-refractivity contribution in [3.05, 3.63) is 34.6 Å². The molecule has 1 rings (SSSR count). The third kappa shape index (κ3) is 2.66. The molecule has 0 aliphatic carbocycles. The predicted molar refractivity (Wildman–Crippen MR) is 51.0 cm³/mol. The predicted octanol–water partition coefficient (Wildman–Crippen LogP) is 3.36. The summed E-state index contributed by atoms with van der Waals surface area (Å²) in [6.45, 7) is 0. The van der Waals surface area contributed by atoms with Crippen LogP contribution in [0.25, 0.3) is 6.08 Å². The van der Waals surface area contributed by atoms with Crippen LogP contribution >= 0.6 is 15.9 Å². The highest BCUT2D eigenvalue weighted by atomic mass is 79.9. The maximum atomic E-state index is 12.3. The number of methoxy groups -OCH3 is 1. The molecule has 1 aromatic rings. The Bertz CT molecular complexity index is 275. The van der Waals surface area contributed by atoms with Crippen molar-refractivity contribution in [3.8, 4) is 5.75 Å². The zero-order valence-corrected chi connectivity index (χ0v) is 8.14. The summed E-state index contributed by atoms with van der Waals surface area (Å²) in [5.74, 6) is 0.766. The molecule has 0 bridgehead atoms. The van der Waals surface area contributed by atoms with E-state index in [2.05, 4.69) is 15.9 Å². The molecule has 0 heterocycles. The molecule has 0 aromatic heterocycles. The molecule has 0 saturated heterocycles. The number of ether oxygens (including phenoxy) is 1. The first kappa shape index (κ1) is 9.26. The van der Waals surface area contributed by atoms with Gasteiger partial charge in [0.25, 0.3) is 0 Å². The monoisotopic (exact) mass is 230 g/mol. The number of benzene rings is 1. The summed E-state index contributed by atoms with van der Waals surface area (Å²) in [6.07, 6.45) is 1.39. The highest BCUT2D eigenvalue weighted by molar-refractivity contribution is 9.11. The first-order valence-electron chi connectivity index (χ1n) is 3.39. The smallest absolute Gasteiger partial charge is 0.166 e. The lowest BCUT2D eigenvalue weighted by molar-refractivity contribution is 0.415. The minimum absolute atomic E-state index is 0.382. The van der Waals surface area contributed by atoms with Gasteiger partial charge in [0.05, 0.1) is 7.11 Å². The van der Waals surface area contributed by atoms with Crippen molar-refractivity contribution >= 4 is 22.0 Å². The van der Waals surface area contributed by atoms with Gasteiger partial charge < -0.3 is 4.74 Å². The molecule has 0 N–H and O–H groups in total. The van der Waals surface area contributed by atoms with E-state index in [-0.39, 0.29) is 4.74 Å². The standard InChI is InChI=1S/C9H8BrFO/c1-12-8-4-2-7(3-5-8)6-9(10)11/h2-6H,1H3/b9-6+. The van der Waals surface area contributed by atoms with Crippen molar-refractivity contribution in [2.75, 3.05) is 7.11 Å². The minimum Gasteiger partial charge on any atom is -0.497 e. The zero-order chi connectivity index (χ0) is 8.97. The number of rotatable bonds is 2. The molecule has 0 saturated carbocycles. The van der Waals surface area contributed by atoms with E-state index >= 15 is 0 Å². The van der Waals surface area contributed by atoms with E-state index in [1.807, 2.05) is 0 Å². The molecule has 0 aliphatic heterocycles. The topological polar surface area (TPSA) is 9.23 Å². The van der Waals surface area contributed by atoms with Gasteiger partial charge >= 0.3 is 0 Å². The molecule has 0 radical (unpaired) electrons. The molecule has 0 unspecified atom stereocenters. The summed E-state index contributed by atoms with van der Waals surface area (Å²) in [4.78, 5) is 0. The Morgan fingerprint density at radius 3 is 2.42 bits per heavy atom. The summed E-state index contributed by atoms with van der Waals surface area (Å²) in [5.41, 5.74) is 0.796. The van der Waals surface area contributed by atoms with Crippen LogP contribution in [0.1, 0.15) is 5.56 Å². The van der Waals surface area contributed by atoms with Crippen LogP contribution in [-0.4, -0.2) is 7.11 Å². The van der Waals surface area contributed by atoms with Gasteiger partial charge in [-0.25, -0.2) is 0 Å². The summed E-state index contributed by atoms with van der Waals surface area (Å²) >= 11 is 2.71. The van der Waals surface area contributed by atoms with Crippen LogP contribution in [0.2, 0.25) is 0 Å². The third-order valence-electron chi connectivity index (χ3n) is 1.39. The van der Waals surface area contributed by atoms with Crippen molar-refractivity contribution in [2.45, 2.75) is 0 Å². The second kappa shape index (κ2) is 4.26. The Kier molecular flexibility index (Phi) is 3.29. The van der Waals surface area contributed by atoms with Gasteiger partial charge in [-0.1, -0.05) is 12.1 Å². The van der Waals surface area contributed by atoms with Crippen LogP contribution in [0.4, 0.5) is 4.39 Å². The van der Waals surface area contributed by atoms with Gasteiger partial charge in [-0.2, -0.15) is 4.39 Å².